The number of hydrogen-bond acceptors (Lipinski definition) is 5. The molecule has 2 heterocycles. The zero-order chi connectivity index (χ0) is 21.0. The SMILES string of the molecule is CC1CCN(C(=O)C[C@@H]2O[C@H](CNC(=O)Nc3cccc(F)c3)[C@@H](O)[C@H]2O)CC1. The molecule has 2 fully saturated rings. The summed E-state index contributed by atoms with van der Waals surface area (Å²) in [5.41, 5.74) is 0.287. The Morgan fingerprint density at radius 2 is 1.90 bits per heavy atom. The zero-order valence-electron chi connectivity index (χ0n) is 16.4. The van der Waals surface area contributed by atoms with Crippen molar-refractivity contribution in [2.45, 2.75) is 50.6 Å². The van der Waals surface area contributed by atoms with Gasteiger partial charge in [-0.2, -0.15) is 0 Å². The van der Waals surface area contributed by atoms with Crippen LogP contribution in [0.3, 0.4) is 0 Å². The molecule has 4 atom stereocenters. The number of hydrogen-bond donors (Lipinski definition) is 4. The van der Waals surface area contributed by atoms with E-state index in [1.54, 1.807) is 4.90 Å². The molecular formula is C20H28FN3O5. The summed E-state index contributed by atoms with van der Waals surface area (Å²) < 4.78 is 18.8. The molecule has 3 rings (SSSR count). The second-order valence-electron chi connectivity index (χ2n) is 7.81. The highest BCUT2D eigenvalue weighted by Crippen LogP contribution is 2.25. The van der Waals surface area contributed by atoms with Gasteiger partial charge in [-0.05, 0) is 37.0 Å². The number of urea groups is 1. The summed E-state index contributed by atoms with van der Waals surface area (Å²) in [5, 5.41) is 25.4. The first-order valence-corrected chi connectivity index (χ1v) is 9.93. The minimum absolute atomic E-state index is 0.0153. The summed E-state index contributed by atoms with van der Waals surface area (Å²) in [6.45, 7) is 3.47. The number of carbonyl (C=O) groups excluding carboxylic acids is 2. The fourth-order valence-corrected chi connectivity index (χ4v) is 3.66. The van der Waals surface area contributed by atoms with Crippen molar-refractivity contribution in [3.05, 3.63) is 30.1 Å². The van der Waals surface area contributed by atoms with E-state index in [0.29, 0.717) is 19.0 Å². The van der Waals surface area contributed by atoms with E-state index in [-0.39, 0.29) is 24.6 Å². The molecule has 0 radical (unpaired) electrons. The van der Waals surface area contributed by atoms with E-state index in [1.807, 2.05) is 0 Å². The smallest absolute Gasteiger partial charge is 0.319 e. The van der Waals surface area contributed by atoms with E-state index in [0.717, 1.165) is 12.8 Å². The Kier molecular flexibility index (Phi) is 7.05. The standard InChI is InChI=1S/C20H28FN3O5/c1-12-5-7-24(8-6-12)17(25)10-15-18(26)19(27)16(29-15)11-22-20(28)23-14-4-2-3-13(21)9-14/h2-4,9,12,15-16,18-19,26-27H,5-8,10-11H2,1H3,(H2,22,23,28)/t15-,16+,18-,19+/m0/s1. The van der Waals surface area contributed by atoms with Gasteiger partial charge in [0.15, 0.2) is 0 Å². The minimum atomic E-state index is -1.22. The number of anilines is 1. The first-order chi connectivity index (χ1) is 13.8. The number of carbonyl (C=O) groups is 2. The maximum Gasteiger partial charge on any atom is 0.319 e. The van der Waals surface area contributed by atoms with E-state index < -0.39 is 36.3 Å². The molecule has 2 aliphatic rings. The molecular weight excluding hydrogens is 381 g/mol. The number of nitrogens with one attached hydrogen (secondary N) is 2. The Morgan fingerprint density at radius 1 is 1.21 bits per heavy atom. The lowest BCUT2D eigenvalue weighted by molar-refractivity contribution is -0.136. The maximum absolute atomic E-state index is 13.2. The van der Waals surface area contributed by atoms with Crippen LogP contribution < -0.4 is 10.6 Å². The topological polar surface area (TPSA) is 111 Å². The van der Waals surface area contributed by atoms with Crippen molar-refractivity contribution < 1.29 is 28.9 Å². The lowest BCUT2D eigenvalue weighted by Crippen LogP contribution is -2.42. The Morgan fingerprint density at radius 3 is 2.59 bits per heavy atom. The number of aliphatic hydroxyl groups excluding tert-OH is 2. The molecule has 0 aliphatic carbocycles. The molecule has 3 amide bonds. The number of nitrogens with zero attached hydrogens (tertiary/aromatic N) is 1. The molecule has 29 heavy (non-hydrogen) atoms. The van der Waals surface area contributed by atoms with E-state index in [2.05, 4.69) is 17.6 Å². The summed E-state index contributed by atoms with van der Waals surface area (Å²) >= 11 is 0. The number of aliphatic hydroxyl groups is 2. The summed E-state index contributed by atoms with van der Waals surface area (Å²) in [6, 6.07) is 4.85. The number of benzene rings is 1. The van der Waals surface area contributed by atoms with E-state index in [9.17, 15) is 24.2 Å². The Hall–Kier alpha value is -2.23. The van der Waals surface area contributed by atoms with Crippen LogP contribution in [0.4, 0.5) is 14.9 Å². The van der Waals surface area contributed by atoms with Crippen molar-refractivity contribution in [1.29, 1.82) is 0 Å². The fraction of sp³-hybridized carbons (Fsp3) is 0.600. The largest absolute Gasteiger partial charge is 0.388 e. The Labute approximate surface area is 169 Å². The third-order valence-corrected chi connectivity index (χ3v) is 5.52. The van der Waals surface area contributed by atoms with Gasteiger partial charge >= 0.3 is 6.03 Å². The molecule has 9 heteroatoms. The molecule has 4 N–H and O–H groups in total. The summed E-state index contributed by atoms with van der Waals surface area (Å²) in [6.07, 6.45) is -2.20. The van der Waals surface area contributed by atoms with Gasteiger partial charge in [-0.25, -0.2) is 9.18 Å². The predicted molar refractivity (Wildman–Crippen MR) is 104 cm³/mol. The second kappa shape index (κ2) is 9.51. The quantitative estimate of drug-likeness (QED) is 0.582. The average Bonchev–Trinajstić information content (AvgIpc) is 2.95. The van der Waals surface area contributed by atoms with Crippen LogP contribution in [-0.2, 0) is 9.53 Å². The van der Waals surface area contributed by atoms with Gasteiger partial charge in [0.1, 0.15) is 24.1 Å². The zero-order valence-corrected chi connectivity index (χ0v) is 16.4. The lowest BCUT2D eigenvalue weighted by Gasteiger charge is -2.31. The van der Waals surface area contributed by atoms with Gasteiger partial charge in [-0.1, -0.05) is 13.0 Å². The van der Waals surface area contributed by atoms with Crippen molar-refractivity contribution in [3.8, 4) is 0 Å². The molecule has 0 unspecified atom stereocenters. The highest BCUT2D eigenvalue weighted by atomic mass is 19.1. The van der Waals surface area contributed by atoms with Crippen molar-refractivity contribution in [1.82, 2.24) is 10.2 Å². The third kappa shape index (κ3) is 5.65. The number of halogens is 1. The van der Waals surface area contributed by atoms with Crippen LogP contribution in [0.1, 0.15) is 26.2 Å². The normalized spacial score (nSPS) is 27.7. The first-order valence-electron chi connectivity index (χ1n) is 9.93. The molecule has 2 saturated heterocycles. The van der Waals surface area contributed by atoms with Crippen molar-refractivity contribution in [2.24, 2.45) is 5.92 Å². The van der Waals surface area contributed by atoms with Crippen LogP contribution in [0.15, 0.2) is 24.3 Å². The number of amides is 3. The van der Waals surface area contributed by atoms with Gasteiger partial charge in [0.2, 0.25) is 5.91 Å². The molecule has 1 aromatic carbocycles. The molecule has 2 aliphatic heterocycles. The molecule has 0 aromatic heterocycles. The van der Waals surface area contributed by atoms with E-state index in [4.69, 9.17) is 4.74 Å². The second-order valence-corrected chi connectivity index (χ2v) is 7.81. The molecule has 160 valence electrons. The number of rotatable bonds is 5. The lowest BCUT2D eigenvalue weighted by atomic mass is 9.98. The Balaban J connectivity index is 1.46. The molecule has 0 saturated carbocycles. The number of ether oxygens (including phenoxy) is 1. The van der Waals surface area contributed by atoms with E-state index in [1.165, 1.54) is 24.3 Å². The van der Waals surface area contributed by atoms with Gasteiger partial charge in [-0.3, -0.25) is 4.79 Å². The van der Waals surface area contributed by atoms with Crippen molar-refractivity contribution >= 4 is 17.6 Å². The van der Waals surface area contributed by atoms with Crippen LogP contribution in [0.5, 0.6) is 0 Å². The monoisotopic (exact) mass is 409 g/mol. The van der Waals surface area contributed by atoms with Crippen LogP contribution >= 0.6 is 0 Å². The maximum atomic E-state index is 13.2. The molecule has 0 bridgehead atoms. The van der Waals surface area contributed by atoms with Gasteiger partial charge < -0.3 is 30.5 Å². The van der Waals surface area contributed by atoms with Crippen LogP contribution in [0.25, 0.3) is 0 Å². The van der Waals surface area contributed by atoms with Crippen molar-refractivity contribution in [2.75, 3.05) is 25.0 Å². The highest BCUT2D eigenvalue weighted by molar-refractivity contribution is 5.89. The molecule has 1 aromatic rings. The third-order valence-electron chi connectivity index (χ3n) is 5.52. The van der Waals surface area contributed by atoms with E-state index >= 15 is 0 Å². The van der Waals surface area contributed by atoms with Gasteiger partial charge in [-0.15, -0.1) is 0 Å². The fourth-order valence-electron chi connectivity index (χ4n) is 3.66. The molecule has 0 spiro atoms. The van der Waals surface area contributed by atoms with Gasteiger partial charge in [0.25, 0.3) is 0 Å². The minimum Gasteiger partial charge on any atom is -0.388 e. The Bertz CT molecular complexity index is 726. The van der Waals surface area contributed by atoms with Gasteiger partial charge in [0.05, 0.1) is 12.5 Å². The first kappa shape index (κ1) is 21.5. The number of likely N-dealkylation sites (tertiary alicyclic amines) is 1. The van der Waals surface area contributed by atoms with Crippen molar-refractivity contribution in [3.63, 3.8) is 0 Å². The highest BCUT2D eigenvalue weighted by Gasteiger charge is 2.43. The average molecular weight is 409 g/mol. The summed E-state index contributed by atoms with van der Waals surface area (Å²) in [4.78, 5) is 26.2. The summed E-state index contributed by atoms with van der Waals surface area (Å²) in [5.74, 6) is 0.0184. The van der Waals surface area contributed by atoms with Crippen LogP contribution in [0, 0.1) is 11.7 Å². The van der Waals surface area contributed by atoms with Crippen LogP contribution in [0.2, 0.25) is 0 Å². The predicted octanol–water partition coefficient (Wildman–Crippen LogP) is 1.08. The van der Waals surface area contributed by atoms with Gasteiger partial charge in [0, 0.05) is 25.3 Å². The van der Waals surface area contributed by atoms with Crippen LogP contribution in [-0.4, -0.2) is 71.1 Å². The number of piperidine rings is 1. The molecule has 8 nitrogen and oxygen atoms in total. The summed E-state index contributed by atoms with van der Waals surface area (Å²) in [7, 11) is 0.